The van der Waals surface area contributed by atoms with Gasteiger partial charge >= 0.3 is 5.97 Å². The quantitative estimate of drug-likeness (QED) is 0.181. The number of rotatable bonds is 12. The average Bonchev–Trinajstić information content (AvgIpc) is 3.24. The number of aliphatic hydroxyl groups is 1. The molecule has 0 spiro atoms. The normalized spacial score (nSPS) is 20.3. The zero-order valence-electron chi connectivity index (χ0n) is 27.4. The van der Waals surface area contributed by atoms with E-state index in [0.717, 1.165) is 19.4 Å². The van der Waals surface area contributed by atoms with E-state index in [2.05, 4.69) is 74.3 Å². The van der Waals surface area contributed by atoms with E-state index >= 15 is 0 Å². The Balaban J connectivity index is 0.00000210. The molecule has 0 aromatic heterocycles. The van der Waals surface area contributed by atoms with Gasteiger partial charge in [-0.25, -0.2) is 0 Å². The third-order valence-electron chi connectivity index (χ3n) is 8.98. The third-order valence-corrected chi connectivity index (χ3v) is 17.9. The van der Waals surface area contributed by atoms with E-state index in [1.165, 1.54) is 0 Å². The van der Waals surface area contributed by atoms with Crippen LogP contribution in [0.15, 0.2) is 12.7 Å². The maximum absolute atomic E-state index is 14.0. The number of hydrogen-bond acceptors (Lipinski definition) is 6. The average molecular weight is 589 g/mol. The Kier molecular flexibility index (Phi) is 14.0. The molecule has 9 heteroatoms. The third kappa shape index (κ3) is 11.2. The largest absolute Gasteiger partial charge is 0.481 e. The van der Waals surface area contributed by atoms with Crippen molar-refractivity contribution in [2.24, 2.45) is 17.3 Å². The minimum absolute atomic E-state index is 0.00170. The molecule has 1 aliphatic heterocycles. The van der Waals surface area contributed by atoms with Crippen molar-refractivity contribution >= 4 is 28.4 Å². The highest BCUT2D eigenvalue weighted by Gasteiger charge is 2.49. The summed E-state index contributed by atoms with van der Waals surface area (Å²) in [4.78, 5) is 25.7. The van der Waals surface area contributed by atoms with Crippen LogP contribution in [0.2, 0.25) is 36.3 Å². The molecule has 1 fully saturated rings. The molecule has 230 valence electrons. The molecule has 1 aliphatic rings. The van der Waals surface area contributed by atoms with Crippen LogP contribution in [0, 0.1) is 17.3 Å². The van der Waals surface area contributed by atoms with Crippen molar-refractivity contribution in [3.63, 3.8) is 0 Å². The number of carboxylic acids is 1. The Morgan fingerprint density at radius 2 is 1.44 bits per heavy atom. The van der Waals surface area contributed by atoms with Crippen LogP contribution in [0.25, 0.3) is 0 Å². The monoisotopic (exact) mass is 588 g/mol. The van der Waals surface area contributed by atoms with Crippen molar-refractivity contribution in [1.29, 1.82) is 0 Å². The van der Waals surface area contributed by atoms with Crippen LogP contribution in [0.4, 0.5) is 0 Å². The van der Waals surface area contributed by atoms with E-state index in [1.54, 1.807) is 0 Å². The van der Waals surface area contributed by atoms with E-state index in [-0.39, 0.29) is 34.3 Å². The van der Waals surface area contributed by atoms with Crippen molar-refractivity contribution in [2.75, 3.05) is 6.61 Å². The van der Waals surface area contributed by atoms with Crippen molar-refractivity contribution in [3.8, 4) is 0 Å². The molecule has 0 radical (unpaired) electrons. The molecule has 2 N–H and O–H groups in total. The summed E-state index contributed by atoms with van der Waals surface area (Å²) in [6, 6.07) is 0. The van der Waals surface area contributed by atoms with E-state index in [0.29, 0.717) is 0 Å². The fraction of sp³-hybridized carbons (Fsp3) is 0.867. The van der Waals surface area contributed by atoms with Crippen LogP contribution in [0.1, 0.15) is 88.5 Å². The highest BCUT2D eigenvalue weighted by atomic mass is 28.4. The summed E-state index contributed by atoms with van der Waals surface area (Å²) in [6.45, 7) is 33.7. The Morgan fingerprint density at radius 3 is 1.74 bits per heavy atom. The van der Waals surface area contributed by atoms with Crippen molar-refractivity contribution in [2.45, 2.75) is 143 Å². The van der Waals surface area contributed by atoms with Gasteiger partial charge in [0.1, 0.15) is 5.78 Å². The summed E-state index contributed by atoms with van der Waals surface area (Å²) in [5.74, 6) is -1.43. The van der Waals surface area contributed by atoms with Crippen LogP contribution < -0.4 is 0 Å². The number of hydrogen-bond donors (Lipinski definition) is 2. The summed E-state index contributed by atoms with van der Waals surface area (Å²) >= 11 is 0. The first-order valence-electron chi connectivity index (χ1n) is 14.4. The molecule has 2 unspecified atom stereocenters. The Bertz CT molecular complexity index is 803. The highest BCUT2D eigenvalue weighted by molar-refractivity contribution is 6.74. The molecule has 0 aromatic carbocycles. The van der Waals surface area contributed by atoms with Gasteiger partial charge in [-0.3, -0.25) is 9.59 Å². The molecule has 7 nitrogen and oxygen atoms in total. The molecule has 1 rings (SSSR count). The standard InChI is InChI=1S/C26H52O5Si2.C4H8O2/c1-16-18(2)22(31-33(14,15)25(7,8)9)19(3)23(29)26(10,11)20(17-21(27)28)30-32(12,13)24(4,5)6;5-4-2-1-3-6-4/h16,18-20,22H,1,17H2,2-15H3,(H,27,28);4-5H,1-3H2/t18-,19?,20-,22-;/m0./s1. The first kappa shape index (κ1) is 38.2. The lowest BCUT2D eigenvalue weighted by Crippen LogP contribution is -2.54. The van der Waals surface area contributed by atoms with Gasteiger partial charge in [0.15, 0.2) is 22.9 Å². The van der Waals surface area contributed by atoms with Gasteiger partial charge in [-0.2, -0.15) is 0 Å². The molecule has 1 saturated heterocycles. The number of carbonyl (C=O) groups excluding carboxylic acids is 1. The lowest BCUT2D eigenvalue weighted by atomic mass is 9.73. The summed E-state index contributed by atoms with van der Waals surface area (Å²) in [5.41, 5.74) is -0.983. The second-order valence-corrected chi connectivity index (χ2v) is 24.3. The number of Topliss-reactive ketones (excluding diaryl/α,β-unsaturated/α-hetero) is 1. The maximum atomic E-state index is 14.0. The van der Waals surface area contributed by atoms with Crippen LogP contribution in [-0.2, 0) is 23.2 Å². The second-order valence-electron chi connectivity index (χ2n) is 14.7. The number of ketones is 1. The minimum Gasteiger partial charge on any atom is -0.481 e. The molecule has 0 aromatic rings. The number of aliphatic hydroxyl groups excluding tert-OH is 1. The molecule has 5 atom stereocenters. The lowest BCUT2D eigenvalue weighted by Gasteiger charge is -2.46. The van der Waals surface area contributed by atoms with Crippen LogP contribution >= 0.6 is 0 Å². The second kappa shape index (κ2) is 14.4. The minimum atomic E-state index is -2.30. The molecular formula is C30H60O7Si2. The van der Waals surface area contributed by atoms with Crippen LogP contribution in [0.5, 0.6) is 0 Å². The summed E-state index contributed by atoms with van der Waals surface area (Å²) < 4.78 is 18.0. The first-order valence-corrected chi connectivity index (χ1v) is 20.2. The fourth-order valence-corrected chi connectivity index (χ4v) is 6.80. The van der Waals surface area contributed by atoms with Gasteiger partial charge in [0.05, 0.1) is 18.6 Å². The smallest absolute Gasteiger partial charge is 0.305 e. The van der Waals surface area contributed by atoms with Gasteiger partial charge in [0, 0.05) is 24.4 Å². The summed E-state index contributed by atoms with van der Waals surface area (Å²) in [7, 11) is -4.45. The van der Waals surface area contributed by atoms with Gasteiger partial charge in [0.25, 0.3) is 0 Å². The molecular weight excluding hydrogens is 528 g/mol. The number of carbonyl (C=O) groups is 2. The van der Waals surface area contributed by atoms with Crippen LogP contribution in [0.3, 0.4) is 0 Å². The number of carboxylic acid groups (broad SMARTS) is 1. The Morgan fingerprint density at radius 1 is 0.974 bits per heavy atom. The first-order chi connectivity index (χ1) is 17.3. The SMILES string of the molecule is C=C[C@H](C)[C@H](O[Si](C)(C)C(C)(C)C)C(C)C(=O)C(C)(C)[C@H](CC(=O)O)O[Si](C)(C)C(C)(C)C.OC1CCCO1. The molecule has 1 heterocycles. The fourth-order valence-electron chi connectivity index (χ4n) is 3.91. The zero-order valence-corrected chi connectivity index (χ0v) is 29.4. The molecule has 39 heavy (non-hydrogen) atoms. The lowest BCUT2D eigenvalue weighted by molar-refractivity contribution is -0.146. The van der Waals surface area contributed by atoms with Gasteiger partial charge in [0.2, 0.25) is 0 Å². The number of aliphatic carboxylic acids is 1. The van der Waals surface area contributed by atoms with Crippen LogP contribution in [-0.4, -0.2) is 63.7 Å². The van der Waals surface area contributed by atoms with Crippen molar-refractivity contribution in [3.05, 3.63) is 12.7 Å². The molecule has 0 aliphatic carbocycles. The van der Waals surface area contributed by atoms with Gasteiger partial charge in [-0.05, 0) is 48.6 Å². The van der Waals surface area contributed by atoms with Gasteiger partial charge in [-0.1, -0.05) is 75.3 Å². The van der Waals surface area contributed by atoms with E-state index in [1.807, 2.05) is 33.8 Å². The van der Waals surface area contributed by atoms with Gasteiger partial charge in [-0.15, -0.1) is 6.58 Å². The Labute approximate surface area is 241 Å². The maximum Gasteiger partial charge on any atom is 0.305 e. The summed E-state index contributed by atoms with van der Waals surface area (Å²) in [6.07, 6.45) is 1.98. The number of ether oxygens (including phenoxy) is 1. The molecule has 0 bridgehead atoms. The Hall–Kier alpha value is -0.846. The zero-order chi connectivity index (χ0) is 31.2. The van der Waals surface area contributed by atoms with Crippen molar-refractivity contribution in [1.82, 2.24) is 0 Å². The summed E-state index contributed by atoms with van der Waals surface area (Å²) in [5, 5.41) is 18.0. The van der Waals surface area contributed by atoms with E-state index in [9.17, 15) is 14.7 Å². The topological polar surface area (TPSA) is 102 Å². The highest BCUT2D eigenvalue weighted by Crippen LogP contribution is 2.43. The predicted octanol–water partition coefficient (Wildman–Crippen LogP) is 7.41. The van der Waals surface area contributed by atoms with Gasteiger partial charge < -0.3 is 23.8 Å². The predicted molar refractivity (Wildman–Crippen MR) is 165 cm³/mol. The van der Waals surface area contributed by atoms with E-state index in [4.69, 9.17) is 18.7 Å². The molecule has 0 amide bonds. The van der Waals surface area contributed by atoms with E-state index < -0.39 is 46.3 Å². The molecule has 0 saturated carbocycles. The van der Waals surface area contributed by atoms with Crippen molar-refractivity contribution < 1.29 is 33.4 Å².